The van der Waals surface area contributed by atoms with Crippen molar-refractivity contribution >= 4 is 28.4 Å². The summed E-state index contributed by atoms with van der Waals surface area (Å²) in [5.74, 6) is 0.587. The number of nitrogens with zero attached hydrogens (tertiary/aromatic N) is 4. The summed E-state index contributed by atoms with van der Waals surface area (Å²) in [7, 11) is 0. The van der Waals surface area contributed by atoms with Crippen molar-refractivity contribution in [3.8, 4) is 0 Å². The molecule has 8 heteroatoms. The molecule has 0 saturated carbocycles. The predicted molar refractivity (Wildman–Crippen MR) is 80.8 cm³/mol. The Bertz CT molecular complexity index is 834. The van der Waals surface area contributed by atoms with Crippen LogP contribution < -0.4 is 0 Å². The molecule has 0 amide bonds. The van der Waals surface area contributed by atoms with Gasteiger partial charge in [-0.1, -0.05) is 6.92 Å². The molecule has 0 spiro atoms. The van der Waals surface area contributed by atoms with E-state index in [-0.39, 0.29) is 5.69 Å². The first-order valence-corrected chi connectivity index (χ1v) is 7.53. The number of rotatable bonds is 5. The van der Waals surface area contributed by atoms with Crippen molar-refractivity contribution in [2.45, 2.75) is 29.9 Å². The van der Waals surface area contributed by atoms with Crippen LogP contribution in [-0.4, -0.2) is 20.1 Å². The average Bonchev–Trinajstić information content (AvgIpc) is 2.95. The van der Waals surface area contributed by atoms with E-state index in [2.05, 4.69) is 15.2 Å². The molecule has 2 heterocycles. The molecular weight excluding hydrogens is 304 g/mol. The van der Waals surface area contributed by atoms with Crippen molar-refractivity contribution in [2.24, 2.45) is 0 Å². The van der Waals surface area contributed by atoms with Gasteiger partial charge in [-0.25, -0.2) is 0 Å². The summed E-state index contributed by atoms with van der Waals surface area (Å²) in [4.78, 5) is 15.7. The zero-order valence-corrected chi connectivity index (χ0v) is 12.5. The summed E-state index contributed by atoms with van der Waals surface area (Å²) < 4.78 is 5.53. The molecule has 3 rings (SSSR count). The fraction of sp³-hybridized carbons (Fsp3) is 0.214. The molecule has 0 bridgehead atoms. The van der Waals surface area contributed by atoms with Crippen LogP contribution in [0.3, 0.4) is 0 Å². The third-order valence-corrected chi connectivity index (χ3v) is 3.90. The molecule has 22 heavy (non-hydrogen) atoms. The number of aromatic nitrogens is 3. The first-order valence-electron chi connectivity index (χ1n) is 6.71. The molecule has 0 fully saturated rings. The lowest BCUT2D eigenvalue weighted by Gasteiger charge is -2.03. The SMILES string of the molecule is CCCc1nnc(Sc2ccc([N+](=O)[O-])c3cccnc23)o1. The van der Waals surface area contributed by atoms with Crippen molar-refractivity contribution in [3.05, 3.63) is 46.5 Å². The molecule has 2 aromatic heterocycles. The normalized spacial score (nSPS) is 11.0. The van der Waals surface area contributed by atoms with Crippen molar-refractivity contribution in [1.82, 2.24) is 15.2 Å². The number of hydrogen-bond donors (Lipinski definition) is 0. The fourth-order valence-electron chi connectivity index (χ4n) is 2.06. The fourth-order valence-corrected chi connectivity index (χ4v) is 2.86. The third kappa shape index (κ3) is 2.77. The van der Waals surface area contributed by atoms with Gasteiger partial charge in [0.2, 0.25) is 5.89 Å². The largest absolute Gasteiger partial charge is 0.416 e. The molecule has 3 aromatic rings. The minimum absolute atomic E-state index is 0.0321. The summed E-state index contributed by atoms with van der Waals surface area (Å²) in [5, 5.41) is 19.9. The van der Waals surface area contributed by atoms with E-state index in [9.17, 15) is 10.1 Å². The Balaban J connectivity index is 2.00. The summed E-state index contributed by atoms with van der Waals surface area (Å²) in [6.45, 7) is 2.03. The Morgan fingerprint density at radius 1 is 1.32 bits per heavy atom. The van der Waals surface area contributed by atoms with Gasteiger partial charge in [0.15, 0.2) is 0 Å². The molecule has 0 unspecified atom stereocenters. The number of benzene rings is 1. The van der Waals surface area contributed by atoms with Crippen LogP contribution in [-0.2, 0) is 6.42 Å². The second-order valence-corrected chi connectivity index (χ2v) is 5.55. The quantitative estimate of drug-likeness (QED) is 0.524. The molecule has 0 aliphatic rings. The average molecular weight is 316 g/mol. The Kier molecular flexibility index (Phi) is 4.01. The summed E-state index contributed by atoms with van der Waals surface area (Å²) in [6, 6.07) is 6.48. The van der Waals surface area contributed by atoms with E-state index in [0.29, 0.717) is 22.0 Å². The number of aryl methyl sites for hydroxylation is 1. The molecule has 0 aliphatic heterocycles. The van der Waals surface area contributed by atoms with Crippen LogP contribution in [0.2, 0.25) is 0 Å². The lowest BCUT2D eigenvalue weighted by molar-refractivity contribution is -0.383. The molecular formula is C14H12N4O3S. The minimum Gasteiger partial charge on any atom is -0.416 e. The molecule has 7 nitrogen and oxygen atoms in total. The first-order chi connectivity index (χ1) is 10.7. The maximum absolute atomic E-state index is 11.1. The topological polar surface area (TPSA) is 95.0 Å². The highest BCUT2D eigenvalue weighted by Crippen LogP contribution is 2.35. The summed E-state index contributed by atoms with van der Waals surface area (Å²) in [5.41, 5.74) is 0.585. The van der Waals surface area contributed by atoms with Gasteiger partial charge in [-0.05, 0) is 36.4 Å². The predicted octanol–water partition coefficient (Wildman–Crippen LogP) is 3.63. The van der Waals surface area contributed by atoms with Gasteiger partial charge < -0.3 is 4.42 Å². The highest BCUT2D eigenvalue weighted by Gasteiger charge is 2.17. The number of fused-ring (bicyclic) bond motifs is 1. The minimum atomic E-state index is -0.412. The number of hydrogen-bond acceptors (Lipinski definition) is 7. The van der Waals surface area contributed by atoms with E-state index < -0.39 is 4.92 Å². The Labute approximate surface area is 129 Å². The van der Waals surface area contributed by atoms with Gasteiger partial charge in [-0.15, -0.1) is 10.2 Å². The van der Waals surface area contributed by atoms with Crippen LogP contribution in [0.15, 0.2) is 45.0 Å². The van der Waals surface area contributed by atoms with E-state index in [4.69, 9.17) is 4.42 Å². The second kappa shape index (κ2) is 6.10. The second-order valence-electron chi connectivity index (χ2n) is 4.55. The van der Waals surface area contributed by atoms with Crippen LogP contribution >= 0.6 is 11.8 Å². The van der Waals surface area contributed by atoms with Crippen molar-refractivity contribution in [2.75, 3.05) is 0 Å². The highest BCUT2D eigenvalue weighted by molar-refractivity contribution is 7.99. The third-order valence-electron chi connectivity index (χ3n) is 3.02. The summed E-state index contributed by atoms with van der Waals surface area (Å²) >= 11 is 1.26. The van der Waals surface area contributed by atoms with Crippen LogP contribution in [0.25, 0.3) is 10.9 Å². The highest BCUT2D eigenvalue weighted by atomic mass is 32.2. The van der Waals surface area contributed by atoms with Crippen LogP contribution in [0.4, 0.5) is 5.69 Å². The Hall–Kier alpha value is -2.48. The standard InChI is InChI=1S/C14H12N4O3S/c1-2-4-12-16-17-14(21-12)22-11-7-6-10(18(19)20)9-5-3-8-15-13(9)11/h3,5-8H,2,4H2,1H3. The van der Waals surface area contributed by atoms with Crippen molar-refractivity contribution in [1.29, 1.82) is 0 Å². The molecule has 0 radical (unpaired) electrons. The number of pyridine rings is 1. The smallest absolute Gasteiger partial charge is 0.281 e. The molecule has 0 atom stereocenters. The van der Waals surface area contributed by atoms with Crippen molar-refractivity contribution in [3.63, 3.8) is 0 Å². The van der Waals surface area contributed by atoms with Gasteiger partial charge in [0.05, 0.1) is 15.8 Å². The van der Waals surface area contributed by atoms with Gasteiger partial charge in [0.25, 0.3) is 10.9 Å². The maximum Gasteiger partial charge on any atom is 0.281 e. The van der Waals surface area contributed by atoms with Gasteiger partial charge in [-0.2, -0.15) is 0 Å². The van der Waals surface area contributed by atoms with E-state index in [1.54, 1.807) is 24.4 Å². The molecule has 0 saturated heterocycles. The Morgan fingerprint density at radius 3 is 2.95 bits per heavy atom. The molecule has 0 aliphatic carbocycles. The lowest BCUT2D eigenvalue weighted by atomic mass is 10.2. The van der Waals surface area contributed by atoms with Gasteiger partial charge in [0.1, 0.15) is 0 Å². The first kappa shape index (κ1) is 14.5. The number of nitro benzene ring substituents is 1. The maximum atomic E-state index is 11.1. The van der Waals surface area contributed by atoms with Gasteiger partial charge in [0, 0.05) is 23.6 Å². The van der Waals surface area contributed by atoms with Crippen LogP contribution in [0.1, 0.15) is 19.2 Å². The zero-order chi connectivity index (χ0) is 15.5. The zero-order valence-electron chi connectivity index (χ0n) is 11.7. The monoisotopic (exact) mass is 316 g/mol. The van der Waals surface area contributed by atoms with Gasteiger partial charge in [-0.3, -0.25) is 15.1 Å². The molecule has 112 valence electrons. The van der Waals surface area contributed by atoms with Crippen molar-refractivity contribution < 1.29 is 9.34 Å². The van der Waals surface area contributed by atoms with E-state index in [1.807, 2.05) is 6.92 Å². The number of non-ortho nitro benzene ring substituents is 1. The Morgan fingerprint density at radius 2 is 2.18 bits per heavy atom. The molecule has 0 N–H and O–H groups in total. The van der Waals surface area contributed by atoms with Crippen LogP contribution in [0.5, 0.6) is 0 Å². The van der Waals surface area contributed by atoms with E-state index in [0.717, 1.165) is 17.7 Å². The van der Waals surface area contributed by atoms with Crippen LogP contribution in [0, 0.1) is 10.1 Å². The summed E-state index contributed by atoms with van der Waals surface area (Å²) in [6.07, 6.45) is 3.26. The van der Waals surface area contributed by atoms with E-state index in [1.165, 1.54) is 17.8 Å². The van der Waals surface area contributed by atoms with Gasteiger partial charge >= 0.3 is 0 Å². The lowest BCUT2D eigenvalue weighted by Crippen LogP contribution is -1.91. The number of nitro groups is 1. The van der Waals surface area contributed by atoms with E-state index >= 15 is 0 Å². The molecule has 1 aromatic carbocycles.